The number of aliphatic hydroxyl groups is 1. The Morgan fingerprint density at radius 2 is 1.75 bits per heavy atom. The molecule has 0 spiro atoms. The summed E-state index contributed by atoms with van der Waals surface area (Å²) < 4.78 is 0. The fourth-order valence-corrected chi connectivity index (χ4v) is 1.62. The summed E-state index contributed by atoms with van der Waals surface area (Å²) in [5.74, 6) is -2.50. The molecule has 8 heteroatoms. The molecule has 0 saturated carbocycles. The van der Waals surface area contributed by atoms with Crippen molar-refractivity contribution in [1.82, 2.24) is 10.8 Å². The molecule has 0 aliphatic heterocycles. The molecule has 0 aromatic carbocycles. The summed E-state index contributed by atoms with van der Waals surface area (Å²) in [6.45, 7) is 3.34. The fourth-order valence-electron chi connectivity index (χ4n) is 1.62. The van der Waals surface area contributed by atoms with Crippen molar-refractivity contribution in [3.63, 3.8) is 0 Å². The van der Waals surface area contributed by atoms with E-state index in [9.17, 15) is 19.5 Å². The van der Waals surface area contributed by atoms with Gasteiger partial charge in [0.1, 0.15) is 6.04 Å². The smallest absolute Gasteiger partial charge is 0.326 e. The average Bonchev–Trinajstić information content (AvgIpc) is 2.34. The SMILES string of the molecule is CC(C)[C@@H](NC(=O)CC(O)CCCC(=O)NO)C(=O)O. The largest absolute Gasteiger partial charge is 0.480 e. The average molecular weight is 290 g/mol. The van der Waals surface area contributed by atoms with Gasteiger partial charge >= 0.3 is 5.97 Å². The maximum absolute atomic E-state index is 11.6. The molecule has 8 nitrogen and oxygen atoms in total. The van der Waals surface area contributed by atoms with E-state index >= 15 is 0 Å². The van der Waals surface area contributed by atoms with Crippen LogP contribution >= 0.6 is 0 Å². The molecule has 0 fully saturated rings. The summed E-state index contributed by atoms with van der Waals surface area (Å²) in [4.78, 5) is 33.2. The molecule has 5 N–H and O–H groups in total. The van der Waals surface area contributed by atoms with Gasteiger partial charge in [0.25, 0.3) is 0 Å². The zero-order valence-corrected chi connectivity index (χ0v) is 11.6. The van der Waals surface area contributed by atoms with E-state index in [1.54, 1.807) is 13.8 Å². The number of amides is 2. The summed E-state index contributed by atoms with van der Waals surface area (Å²) in [5, 5.41) is 29.1. The van der Waals surface area contributed by atoms with Gasteiger partial charge in [-0.05, 0) is 18.8 Å². The number of nitrogens with one attached hydrogen (secondary N) is 2. The number of hydrogen-bond donors (Lipinski definition) is 5. The first-order valence-corrected chi connectivity index (χ1v) is 6.41. The van der Waals surface area contributed by atoms with Crippen LogP contribution in [0.1, 0.15) is 39.5 Å². The molecule has 0 aromatic rings. The van der Waals surface area contributed by atoms with Crippen molar-refractivity contribution >= 4 is 17.8 Å². The molecule has 0 aliphatic rings. The van der Waals surface area contributed by atoms with Crippen molar-refractivity contribution in [2.75, 3.05) is 0 Å². The van der Waals surface area contributed by atoms with Crippen LogP contribution in [-0.2, 0) is 14.4 Å². The van der Waals surface area contributed by atoms with Crippen LogP contribution in [-0.4, -0.2) is 45.3 Å². The highest BCUT2D eigenvalue weighted by atomic mass is 16.5. The van der Waals surface area contributed by atoms with Gasteiger partial charge < -0.3 is 15.5 Å². The van der Waals surface area contributed by atoms with E-state index in [1.165, 1.54) is 5.48 Å². The highest BCUT2D eigenvalue weighted by Crippen LogP contribution is 2.07. The van der Waals surface area contributed by atoms with Crippen LogP contribution in [0.15, 0.2) is 0 Å². The van der Waals surface area contributed by atoms with E-state index in [1.807, 2.05) is 0 Å². The number of aliphatic hydroxyl groups excluding tert-OH is 1. The van der Waals surface area contributed by atoms with Gasteiger partial charge in [0, 0.05) is 6.42 Å². The third-order valence-electron chi connectivity index (χ3n) is 2.74. The Morgan fingerprint density at radius 3 is 2.20 bits per heavy atom. The molecule has 116 valence electrons. The predicted molar refractivity (Wildman–Crippen MR) is 68.8 cm³/mol. The molecule has 20 heavy (non-hydrogen) atoms. The Kier molecular flexibility index (Phi) is 8.49. The van der Waals surface area contributed by atoms with Gasteiger partial charge in [-0.15, -0.1) is 0 Å². The minimum Gasteiger partial charge on any atom is -0.480 e. The lowest BCUT2D eigenvalue weighted by Gasteiger charge is -2.19. The van der Waals surface area contributed by atoms with E-state index < -0.39 is 29.9 Å². The second-order valence-electron chi connectivity index (χ2n) is 4.91. The molecular formula is C12H22N2O6. The van der Waals surface area contributed by atoms with Crippen molar-refractivity contribution in [3.05, 3.63) is 0 Å². The molecule has 0 aliphatic carbocycles. The number of carboxylic acid groups (broad SMARTS) is 1. The van der Waals surface area contributed by atoms with Gasteiger partial charge in [-0.25, -0.2) is 10.3 Å². The number of carboxylic acids is 1. The van der Waals surface area contributed by atoms with Crippen molar-refractivity contribution in [2.45, 2.75) is 51.7 Å². The van der Waals surface area contributed by atoms with Crippen LogP contribution in [0.5, 0.6) is 0 Å². The van der Waals surface area contributed by atoms with Crippen LogP contribution < -0.4 is 10.8 Å². The summed E-state index contributed by atoms with van der Waals surface area (Å²) >= 11 is 0. The Hall–Kier alpha value is -1.67. The first-order chi connectivity index (χ1) is 9.27. The Morgan fingerprint density at radius 1 is 1.15 bits per heavy atom. The number of hydrogen-bond acceptors (Lipinski definition) is 5. The normalized spacial score (nSPS) is 13.7. The second-order valence-corrected chi connectivity index (χ2v) is 4.91. The maximum Gasteiger partial charge on any atom is 0.326 e. The molecule has 1 unspecified atom stereocenters. The Bertz CT molecular complexity index is 345. The third-order valence-corrected chi connectivity index (χ3v) is 2.74. The molecule has 0 rings (SSSR count). The van der Waals surface area contributed by atoms with Gasteiger partial charge in [-0.3, -0.25) is 14.8 Å². The van der Waals surface area contributed by atoms with Crippen LogP contribution in [0.2, 0.25) is 0 Å². The monoisotopic (exact) mass is 290 g/mol. The standard InChI is InChI=1S/C12H22N2O6/c1-7(2)11(12(18)19)13-10(17)6-8(15)4-3-5-9(16)14-20/h7-8,11,15,20H,3-6H2,1-2H3,(H,13,17)(H,14,16)(H,18,19)/t8?,11-/m1/s1. The highest BCUT2D eigenvalue weighted by molar-refractivity contribution is 5.83. The Labute approximate surface area is 117 Å². The van der Waals surface area contributed by atoms with E-state index in [0.29, 0.717) is 6.42 Å². The number of carbonyl (C=O) groups excluding carboxylic acids is 2. The molecular weight excluding hydrogens is 268 g/mol. The minimum atomic E-state index is -1.12. The summed E-state index contributed by atoms with van der Waals surface area (Å²) in [6, 6.07) is -0.991. The lowest BCUT2D eigenvalue weighted by molar-refractivity contribution is -0.143. The van der Waals surface area contributed by atoms with E-state index in [-0.39, 0.29) is 25.2 Å². The van der Waals surface area contributed by atoms with E-state index in [2.05, 4.69) is 5.32 Å². The maximum atomic E-state index is 11.6. The van der Waals surface area contributed by atoms with Gasteiger partial charge in [0.15, 0.2) is 0 Å². The van der Waals surface area contributed by atoms with Crippen LogP contribution in [0.25, 0.3) is 0 Å². The number of hydroxylamine groups is 1. The topological polar surface area (TPSA) is 136 Å². The molecule has 0 heterocycles. The van der Waals surface area contributed by atoms with Gasteiger partial charge in [-0.1, -0.05) is 13.8 Å². The zero-order chi connectivity index (χ0) is 15.7. The molecule has 0 saturated heterocycles. The molecule has 2 atom stereocenters. The fraction of sp³-hybridized carbons (Fsp3) is 0.750. The lowest BCUT2D eigenvalue weighted by Crippen LogP contribution is -2.45. The highest BCUT2D eigenvalue weighted by Gasteiger charge is 2.24. The molecule has 2 amide bonds. The molecule has 0 radical (unpaired) electrons. The van der Waals surface area contributed by atoms with E-state index in [0.717, 1.165) is 0 Å². The second kappa shape index (κ2) is 9.27. The van der Waals surface area contributed by atoms with Gasteiger partial charge in [0.2, 0.25) is 11.8 Å². The van der Waals surface area contributed by atoms with Crippen LogP contribution in [0.3, 0.4) is 0 Å². The van der Waals surface area contributed by atoms with Crippen molar-refractivity contribution in [2.24, 2.45) is 5.92 Å². The zero-order valence-electron chi connectivity index (χ0n) is 11.6. The van der Waals surface area contributed by atoms with Crippen molar-refractivity contribution < 1.29 is 29.8 Å². The quantitative estimate of drug-likeness (QED) is 0.290. The molecule has 0 aromatic heterocycles. The first-order valence-electron chi connectivity index (χ1n) is 6.41. The third kappa shape index (κ3) is 7.70. The van der Waals surface area contributed by atoms with Crippen LogP contribution in [0.4, 0.5) is 0 Å². The molecule has 0 bridgehead atoms. The first kappa shape index (κ1) is 18.3. The minimum absolute atomic E-state index is 0.0406. The lowest BCUT2D eigenvalue weighted by atomic mass is 10.0. The van der Waals surface area contributed by atoms with Gasteiger partial charge in [0.05, 0.1) is 12.5 Å². The number of rotatable bonds is 9. The summed E-state index contributed by atoms with van der Waals surface area (Å²) in [6.07, 6.45) is -0.618. The Balaban J connectivity index is 4.06. The predicted octanol–water partition coefficient (Wildman–Crippen LogP) is -0.361. The van der Waals surface area contributed by atoms with Crippen molar-refractivity contribution in [3.8, 4) is 0 Å². The summed E-state index contributed by atoms with van der Waals surface area (Å²) in [5.41, 5.74) is 1.47. The summed E-state index contributed by atoms with van der Waals surface area (Å²) in [7, 11) is 0. The van der Waals surface area contributed by atoms with E-state index in [4.69, 9.17) is 10.3 Å². The van der Waals surface area contributed by atoms with Crippen LogP contribution in [0, 0.1) is 5.92 Å². The number of carbonyl (C=O) groups is 3. The number of aliphatic carboxylic acids is 1. The van der Waals surface area contributed by atoms with Gasteiger partial charge in [-0.2, -0.15) is 0 Å². The van der Waals surface area contributed by atoms with Crippen molar-refractivity contribution in [1.29, 1.82) is 0 Å².